The molecule has 1 fully saturated rings. The van der Waals surface area contributed by atoms with Gasteiger partial charge in [0.25, 0.3) is 0 Å². The molecule has 2 rings (SSSR count). The van der Waals surface area contributed by atoms with Crippen molar-refractivity contribution in [3.05, 3.63) is 24.3 Å². The third kappa shape index (κ3) is 5.00. The van der Waals surface area contributed by atoms with Gasteiger partial charge in [-0.1, -0.05) is 12.1 Å². The molecule has 6 heteroatoms. The van der Waals surface area contributed by atoms with Crippen LogP contribution in [0.5, 0.6) is 5.75 Å². The van der Waals surface area contributed by atoms with Crippen molar-refractivity contribution in [2.24, 2.45) is 0 Å². The van der Waals surface area contributed by atoms with E-state index in [9.17, 15) is 4.79 Å². The molecule has 1 aliphatic rings. The zero-order valence-electron chi connectivity index (χ0n) is 11.6. The topological polar surface area (TPSA) is 59.6 Å². The summed E-state index contributed by atoms with van der Waals surface area (Å²) in [4.78, 5) is 12.0. The maximum atomic E-state index is 12.0. The fourth-order valence-corrected chi connectivity index (χ4v) is 2.03. The molecular formula is C14H21ClN2O3. The van der Waals surface area contributed by atoms with Crippen LogP contribution in [-0.2, 0) is 9.53 Å². The summed E-state index contributed by atoms with van der Waals surface area (Å²) in [7, 11) is 0. The average Bonchev–Trinajstić information content (AvgIpc) is 2.42. The predicted octanol–water partition coefficient (Wildman–Crippen LogP) is 1.82. The molecule has 1 unspecified atom stereocenters. The second kappa shape index (κ2) is 8.79. The molecule has 0 radical (unpaired) electrons. The van der Waals surface area contributed by atoms with E-state index in [1.165, 1.54) is 0 Å². The van der Waals surface area contributed by atoms with E-state index in [1.54, 1.807) is 0 Å². The van der Waals surface area contributed by atoms with Crippen molar-refractivity contribution >= 4 is 24.0 Å². The van der Waals surface area contributed by atoms with E-state index in [4.69, 9.17) is 9.47 Å². The zero-order valence-corrected chi connectivity index (χ0v) is 12.4. The SMILES string of the molecule is CCOc1ccccc1NC(=O)CC1COCCN1.Cl. The Morgan fingerprint density at radius 1 is 1.50 bits per heavy atom. The highest BCUT2D eigenvalue weighted by atomic mass is 35.5. The van der Waals surface area contributed by atoms with Gasteiger partial charge in [-0.25, -0.2) is 0 Å². The molecular weight excluding hydrogens is 280 g/mol. The van der Waals surface area contributed by atoms with E-state index >= 15 is 0 Å². The Bertz CT molecular complexity index is 423. The molecule has 5 nitrogen and oxygen atoms in total. The average molecular weight is 301 g/mol. The van der Waals surface area contributed by atoms with Crippen molar-refractivity contribution < 1.29 is 14.3 Å². The van der Waals surface area contributed by atoms with Crippen molar-refractivity contribution in [3.8, 4) is 5.75 Å². The third-order valence-electron chi connectivity index (χ3n) is 2.89. The standard InChI is InChI=1S/C14H20N2O3.ClH/c1-2-19-13-6-4-3-5-12(13)16-14(17)9-11-10-18-8-7-15-11;/h3-6,11,15H,2,7-10H2,1H3,(H,16,17);1H. The lowest BCUT2D eigenvalue weighted by atomic mass is 10.2. The van der Waals surface area contributed by atoms with Crippen molar-refractivity contribution in [2.75, 3.05) is 31.7 Å². The van der Waals surface area contributed by atoms with Crippen LogP contribution in [-0.4, -0.2) is 38.3 Å². The van der Waals surface area contributed by atoms with Gasteiger partial charge in [0.05, 0.1) is 25.5 Å². The van der Waals surface area contributed by atoms with Crippen molar-refractivity contribution in [2.45, 2.75) is 19.4 Å². The van der Waals surface area contributed by atoms with Crippen LogP contribution in [0.15, 0.2) is 24.3 Å². The molecule has 0 aromatic heterocycles. The summed E-state index contributed by atoms with van der Waals surface area (Å²) in [5.41, 5.74) is 0.714. The van der Waals surface area contributed by atoms with Gasteiger partial charge in [-0.2, -0.15) is 0 Å². The van der Waals surface area contributed by atoms with Crippen LogP contribution in [0, 0.1) is 0 Å². The van der Waals surface area contributed by atoms with Gasteiger partial charge in [0, 0.05) is 19.0 Å². The predicted molar refractivity (Wildman–Crippen MR) is 80.7 cm³/mol. The van der Waals surface area contributed by atoms with Crippen molar-refractivity contribution in [3.63, 3.8) is 0 Å². The Morgan fingerprint density at radius 3 is 3.00 bits per heavy atom. The number of rotatable bonds is 5. The fourth-order valence-electron chi connectivity index (χ4n) is 2.03. The van der Waals surface area contributed by atoms with E-state index in [0.717, 1.165) is 6.54 Å². The first-order valence-electron chi connectivity index (χ1n) is 6.62. The summed E-state index contributed by atoms with van der Waals surface area (Å²) in [5.74, 6) is 0.668. The van der Waals surface area contributed by atoms with Gasteiger partial charge in [-0.3, -0.25) is 4.79 Å². The number of halogens is 1. The van der Waals surface area contributed by atoms with Gasteiger partial charge in [-0.15, -0.1) is 12.4 Å². The number of amides is 1. The summed E-state index contributed by atoms with van der Waals surface area (Å²) in [6, 6.07) is 7.54. The molecule has 112 valence electrons. The first-order valence-corrected chi connectivity index (χ1v) is 6.62. The Morgan fingerprint density at radius 2 is 2.30 bits per heavy atom. The maximum absolute atomic E-state index is 12.0. The molecule has 2 N–H and O–H groups in total. The molecule has 1 amide bonds. The van der Waals surface area contributed by atoms with Crippen LogP contribution >= 0.6 is 12.4 Å². The normalized spacial score (nSPS) is 17.9. The number of hydrogen-bond acceptors (Lipinski definition) is 4. The first-order chi connectivity index (χ1) is 9.29. The van der Waals surface area contributed by atoms with E-state index in [0.29, 0.717) is 37.7 Å². The Labute approximate surface area is 125 Å². The van der Waals surface area contributed by atoms with E-state index in [-0.39, 0.29) is 24.4 Å². The van der Waals surface area contributed by atoms with Crippen LogP contribution in [0.1, 0.15) is 13.3 Å². The van der Waals surface area contributed by atoms with Crippen LogP contribution < -0.4 is 15.4 Å². The second-order valence-corrected chi connectivity index (χ2v) is 4.41. The third-order valence-corrected chi connectivity index (χ3v) is 2.89. The van der Waals surface area contributed by atoms with Gasteiger partial charge < -0.3 is 20.1 Å². The number of morpholine rings is 1. The van der Waals surface area contributed by atoms with Crippen LogP contribution in [0.3, 0.4) is 0 Å². The quantitative estimate of drug-likeness (QED) is 0.871. The number of carbonyl (C=O) groups is 1. The van der Waals surface area contributed by atoms with Crippen LogP contribution in [0.4, 0.5) is 5.69 Å². The molecule has 0 spiro atoms. The molecule has 1 heterocycles. The largest absolute Gasteiger partial charge is 0.492 e. The molecule has 1 atom stereocenters. The van der Waals surface area contributed by atoms with Crippen molar-refractivity contribution in [1.82, 2.24) is 5.32 Å². The number of hydrogen-bond donors (Lipinski definition) is 2. The highest BCUT2D eigenvalue weighted by Gasteiger charge is 2.17. The summed E-state index contributed by atoms with van der Waals surface area (Å²) in [6.45, 7) is 4.59. The van der Waals surface area contributed by atoms with Gasteiger partial charge in [0.15, 0.2) is 0 Å². The smallest absolute Gasteiger partial charge is 0.226 e. The second-order valence-electron chi connectivity index (χ2n) is 4.41. The summed E-state index contributed by atoms with van der Waals surface area (Å²) in [6.07, 6.45) is 0.403. The Balaban J connectivity index is 0.00000200. The molecule has 0 aliphatic carbocycles. The molecule has 1 saturated heterocycles. The van der Waals surface area contributed by atoms with E-state index < -0.39 is 0 Å². The lowest BCUT2D eigenvalue weighted by molar-refractivity contribution is -0.117. The van der Waals surface area contributed by atoms with Gasteiger partial charge in [0.2, 0.25) is 5.91 Å². The van der Waals surface area contributed by atoms with Crippen LogP contribution in [0.25, 0.3) is 0 Å². The molecule has 0 bridgehead atoms. The lowest BCUT2D eigenvalue weighted by Crippen LogP contribution is -2.43. The zero-order chi connectivity index (χ0) is 13.5. The van der Waals surface area contributed by atoms with Gasteiger partial charge in [0.1, 0.15) is 5.75 Å². The number of para-hydroxylation sites is 2. The fraction of sp³-hybridized carbons (Fsp3) is 0.500. The van der Waals surface area contributed by atoms with Gasteiger partial charge in [-0.05, 0) is 19.1 Å². The minimum atomic E-state index is -0.0323. The number of carbonyl (C=O) groups excluding carboxylic acids is 1. The Hall–Kier alpha value is -1.30. The van der Waals surface area contributed by atoms with Crippen molar-refractivity contribution in [1.29, 1.82) is 0 Å². The highest BCUT2D eigenvalue weighted by molar-refractivity contribution is 5.92. The highest BCUT2D eigenvalue weighted by Crippen LogP contribution is 2.23. The van der Waals surface area contributed by atoms with E-state index in [1.807, 2.05) is 31.2 Å². The molecule has 1 aromatic carbocycles. The minimum absolute atomic E-state index is 0. The number of benzene rings is 1. The summed E-state index contributed by atoms with van der Waals surface area (Å²) >= 11 is 0. The molecule has 0 saturated carbocycles. The Kier molecular flexibility index (Phi) is 7.36. The van der Waals surface area contributed by atoms with Crippen LogP contribution in [0.2, 0.25) is 0 Å². The summed E-state index contributed by atoms with van der Waals surface area (Å²) in [5, 5.41) is 6.14. The summed E-state index contributed by atoms with van der Waals surface area (Å²) < 4.78 is 10.8. The van der Waals surface area contributed by atoms with Gasteiger partial charge >= 0.3 is 0 Å². The number of ether oxygens (including phenoxy) is 2. The maximum Gasteiger partial charge on any atom is 0.226 e. The number of nitrogens with one attached hydrogen (secondary N) is 2. The molecule has 1 aliphatic heterocycles. The minimum Gasteiger partial charge on any atom is -0.492 e. The monoisotopic (exact) mass is 300 g/mol. The lowest BCUT2D eigenvalue weighted by Gasteiger charge is -2.23. The molecule has 20 heavy (non-hydrogen) atoms. The first kappa shape index (κ1) is 16.8. The van der Waals surface area contributed by atoms with E-state index in [2.05, 4.69) is 10.6 Å². The molecule has 1 aromatic rings. The number of anilines is 1.